The normalized spacial score (nSPS) is 27.3. The minimum Gasteiger partial charge on any atom is -0.461 e. The third-order valence-corrected chi connectivity index (χ3v) is 4.27. The molecule has 19 heavy (non-hydrogen) atoms. The number of hydrogen-bond donors (Lipinski definition) is 3. The first-order chi connectivity index (χ1) is 9.13. The van der Waals surface area contributed by atoms with Gasteiger partial charge in [-0.3, -0.25) is 9.27 Å². The molecular weight excluding hydrogens is 266 g/mol. The van der Waals surface area contributed by atoms with Crippen LogP contribution in [0.25, 0.3) is 5.70 Å². The summed E-state index contributed by atoms with van der Waals surface area (Å²) in [5, 5.41) is 3.40. The molecule has 3 atom stereocenters. The fourth-order valence-corrected chi connectivity index (χ4v) is 3.18. The van der Waals surface area contributed by atoms with Crippen molar-refractivity contribution in [1.82, 2.24) is 10.2 Å². The summed E-state index contributed by atoms with van der Waals surface area (Å²) in [5.74, 6) is 2.02. The molecule has 1 aromatic rings. The summed E-state index contributed by atoms with van der Waals surface area (Å²) < 4.78 is 27.2. The molecular formula is C12H17N3O3S. The molecule has 104 valence electrons. The number of furan rings is 1. The van der Waals surface area contributed by atoms with Gasteiger partial charge < -0.3 is 14.6 Å². The fourth-order valence-electron chi connectivity index (χ4n) is 2.87. The van der Waals surface area contributed by atoms with Crippen molar-refractivity contribution in [2.45, 2.75) is 0 Å². The Labute approximate surface area is 114 Å². The number of likely N-dealkylation sites (tertiary alicyclic amines) is 1. The Morgan fingerprint density at radius 2 is 2.21 bits per heavy atom. The van der Waals surface area contributed by atoms with Crippen LogP contribution in [0.15, 0.2) is 23.3 Å². The van der Waals surface area contributed by atoms with Crippen LogP contribution in [0.2, 0.25) is 0 Å². The van der Waals surface area contributed by atoms with Crippen molar-refractivity contribution in [3.8, 4) is 0 Å². The molecule has 1 aromatic heterocycles. The molecule has 0 spiro atoms. The van der Waals surface area contributed by atoms with Crippen LogP contribution >= 0.6 is 0 Å². The minimum atomic E-state index is -2.08. The molecule has 0 radical (unpaired) electrons. The summed E-state index contributed by atoms with van der Waals surface area (Å²) >= 11 is -2.08. The van der Waals surface area contributed by atoms with E-state index in [1.54, 1.807) is 6.07 Å². The smallest absolute Gasteiger partial charge is 0.259 e. The van der Waals surface area contributed by atoms with Gasteiger partial charge in [0.25, 0.3) is 11.3 Å². The number of rotatable bonds is 4. The lowest BCUT2D eigenvalue weighted by molar-refractivity contribution is 0.426. The monoisotopic (exact) mass is 283 g/mol. The van der Waals surface area contributed by atoms with E-state index in [-0.39, 0.29) is 0 Å². The number of hydrogen-bond acceptors (Lipinski definition) is 4. The van der Waals surface area contributed by atoms with E-state index in [9.17, 15) is 4.21 Å². The molecule has 0 aromatic carbocycles. The van der Waals surface area contributed by atoms with Crippen molar-refractivity contribution < 1.29 is 13.2 Å². The largest absolute Gasteiger partial charge is 0.461 e. The van der Waals surface area contributed by atoms with Crippen LogP contribution in [0.1, 0.15) is 5.76 Å². The molecule has 0 bridgehead atoms. The maximum atomic E-state index is 10.7. The number of nitrogens with zero attached hydrogens (tertiary/aromatic N) is 1. The van der Waals surface area contributed by atoms with Crippen molar-refractivity contribution in [1.29, 1.82) is 0 Å². The Hall–Kier alpha value is -1.31. The zero-order chi connectivity index (χ0) is 13.4. The standard InChI is InChI=1S/C12H17N3O3S/c1-8(12-2-11(7-18-12)14-19(16)17)15-5-9-3-13-4-10(9)6-15/h2,7,9-10,13-14H,1,3-6H2,(H,16,17). The highest BCUT2D eigenvalue weighted by molar-refractivity contribution is 7.80. The zero-order valence-corrected chi connectivity index (χ0v) is 11.3. The van der Waals surface area contributed by atoms with Crippen LogP contribution in [-0.2, 0) is 11.3 Å². The lowest BCUT2D eigenvalue weighted by Crippen LogP contribution is -2.24. The van der Waals surface area contributed by atoms with Gasteiger partial charge in [0.2, 0.25) is 0 Å². The summed E-state index contributed by atoms with van der Waals surface area (Å²) in [5.41, 5.74) is 1.32. The summed E-state index contributed by atoms with van der Waals surface area (Å²) in [6.45, 7) is 8.20. The molecule has 3 rings (SSSR count). The van der Waals surface area contributed by atoms with E-state index in [1.807, 2.05) is 0 Å². The van der Waals surface area contributed by atoms with Crippen LogP contribution in [0.4, 0.5) is 5.69 Å². The minimum absolute atomic E-state index is 0.484. The van der Waals surface area contributed by atoms with E-state index in [0.29, 0.717) is 23.3 Å². The SMILES string of the molecule is C=C(c1cc(NS(=O)O)co1)N1CC2CNCC2C1. The molecule has 7 heteroatoms. The van der Waals surface area contributed by atoms with Crippen molar-refractivity contribution in [3.63, 3.8) is 0 Å². The Morgan fingerprint density at radius 1 is 1.53 bits per heavy atom. The van der Waals surface area contributed by atoms with E-state index >= 15 is 0 Å². The predicted octanol–water partition coefficient (Wildman–Crippen LogP) is 0.950. The van der Waals surface area contributed by atoms with Gasteiger partial charge in [0.1, 0.15) is 6.26 Å². The van der Waals surface area contributed by atoms with E-state index in [0.717, 1.165) is 31.9 Å². The van der Waals surface area contributed by atoms with Crippen LogP contribution in [0.3, 0.4) is 0 Å². The second-order valence-electron chi connectivity index (χ2n) is 5.08. The molecule has 3 N–H and O–H groups in total. The average Bonchev–Trinajstić information content (AvgIpc) is 2.99. The van der Waals surface area contributed by atoms with Gasteiger partial charge in [0.05, 0.1) is 11.4 Å². The lowest BCUT2D eigenvalue weighted by atomic mass is 10.0. The van der Waals surface area contributed by atoms with Crippen LogP contribution in [-0.4, -0.2) is 39.8 Å². The molecule has 0 amide bonds. The van der Waals surface area contributed by atoms with Gasteiger partial charge in [-0.1, -0.05) is 6.58 Å². The van der Waals surface area contributed by atoms with Gasteiger partial charge in [0.15, 0.2) is 5.76 Å². The van der Waals surface area contributed by atoms with E-state index in [4.69, 9.17) is 8.97 Å². The quantitative estimate of drug-likeness (QED) is 0.717. The Kier molecular flexibility index (Phi) is 3.34. The molecule has 2 aliphatic heterocycles. The highest BCUT2D eigenvalue weighted by Gasteiger charge is 2.37. The van der Waals surface area contributed by atoms with Crippen molar-refractivity contribution in [2.75, 3.05) is 30.9 Å². The van der Waals surface area contributed by atoms with Crippen LogP contribution < -0.4 is 10.0 Å². The van der Waals surface area contributed by atoms with Gasteiger partial charge in [-0.25, -0.2) is 4.21 Å². The first-order valence-corrected chi connectivity index (χ1v) is 7.35. The number of nitrogens with one attached hydrogen (secondary N) is 2. The second kappa shape index (κ2) is 4.99. The number of fused-ring (bicyclic) bond motifs is 1. The first-order valence-electron chi connectivity index (χ1n) is 6.24. The summed E-state index contributed by atoms with van der Waals surface area (Å²) in [7, 11) is 0. The Bertz CT molecular complexity index is 504. The maximum Gasteiger partial charge on any atom is 0.259 e. The van der Waals surface area contributed by atoms with Crippen molar-refractivity contribution in [2.24, 2.45) is 11.8 Å². The average molecular weight is 283 g/mol. The molecule has 0 aliphatic carbocycles. The third-order valence-electron chi connectivity index (χ3n) is 3.86. The van der Waals surface area contributed by atoms with Crippen LogP contribution in [0.5, 0.6) is 0 Å². The molecule has 6 nitrogen and oxygen atoms in total. The topological polar surface area (TPSA) is 77.7 Å². The number of anilines is 1. The zero-order valence-electron chi connectivity index (χ0n) is 10.5. The predicted molar refractivity (Wildman–Crippen MR) is 73.6 cm³/mol. The molecule has 2 saturated heterocycles. The maximum absolute atomic E-state index is 10.7. The summed E-state index contributed by atoms with van der Waals surface area (Å²) in [6.07, 6.45) is 1.42. The lowest BCUT2D eigenvalue weighted by Gasteiger charge is -2.20. The van der Waals surface area contributed by atoms with Gasteiger partial charge in [-0.2, -0.15) is 0 Å². The highest BCUT2D eigenvalue weighted by atomic mass is 32.2. The van der Waals surface area contributed by atoms with E-state index < -0.39 is 11.3 Å². The van der Waals surface area contributed by atoms with E-state index in [2.05, 4.69) is 21.5 Å². The van der Waals surface area contributed by atoms with Gasteiger partial charge in [-0.05, 0) is 11.8 Å². The third kappa shape index (κ3) is 2.54. The fraction of sp³-hybridized carbons (Fsp3) is 0.500. The van der Waals surface area contributed by atoms with Gasteiger partial charge in [-0.15, -0.1) is 0 Å². The van der Waals surface area contributed by atoms with Gasteiger partial charge >= 0.3 is 0 Å². The molecule has 3 heterocycles. The summed E-state index contributed by atoms with van der Waals surface area (Å²) in [6, 6.07) is 1.70. The van der Waals surface area contributed by atoms with Crippen molar-refractivity contribution in [3.05, 3.63) is 24.7 Å². The van der Waals surface area contributed by atoms with Crippen LogP contribution in [0, 0.1) is 11.8 Å². The highest BCUT2D eigenvalue weighted by Crippen LogP contribution is 2.32. The molecule has 2 fully saturated rings. The first kappa shape index (κ1) is 12.7. The Morgan fingerprint density at radius 3 is 2.84 bits per heavy atom. The second-order valence-corrected chi connectivity index (χ2v) is 5.78. The van der Waals surface area contributed by atoms with Crippen molar-refractivity contribution >= 4 is 22.7 Å². The molecule has 3 unspecified atom stereocenters. The summed E-state index contributed by atoms with van der Waals surface area (Å²) in [4.78, 5) is 2.23. The molecule has 0 saturated carbocycles. The van der Waals surface area contributed by atoms with Gasteiger partial charge in [0, 0.05) is 32.2 Å². The van der Waals surface area contributed by atoms with E-state index in [1.165, 1.54) is 6.26 Å². The Balaban J connectivity index is 1.67. The molecule has 2 aliphatic rings.